The number of morpholine rings is 2. The van der Waals surface area contributed by atoms with E-state index in [2.05, 4.69) is 65.5 Å². The van der Waals surface area contributed by atoms with Crippen molar-refractivity contribution in [3.05, 3.63) is 35.4 Å². The molecule has 32 heavy (non-hydrogen) atoms. The van der Waals surface area contributed by atoms with Crippen molar-refractivity contribution in [2.45, 2.75) is 46.3 Å². The zero-order valence-electron chi connectivity index (χ0n) is 20.3. The van der Waals surface area contributed by atoms with Gasteiger partial charge in [0.1, 0.15) is 0 Å². The third-order valence-corrected chi connectivity index (χ3v) is 6.18. The smallest absolute Gasteiger partial charge is 0.191 e. The normalized spacial score (nSPS) is 19.8. The standard InChI is InChI=1S/C25H43N5O2/c1-4-26-25(28-19-24(17-21(2)3)30-11-15-32-16-12-30)27-18-22-7-5-6-8-23(22)20-29-9-13-31-14-10-29/h5-8,21,24H,4,9-20H2,1-3H3,(H2,26,27,28). The van der Waals surface area contributed by atoms with E-state index < -0.39 is 0 Å². The molecule has 1 aromatic rings. The molecule has 0 aliphatic carbocycles. The number of aliphatic imine (C=N–C) groups is 1. The van der Waals surface area contributed by atoms with Crippen LogP contribution in [0.4, 0.5) is 0 Å². The molecule has 2 N–H and O–H groups in total. The summed E-state index contributed by atoms with van der Waals surface area (Å²) in [6.45, 7) is 17.5. The van der Waals surface area contributed by atoms with Crippen LogP contribution in [0, 0.1) is 5.92 Å². The monoisotopic (exact) mass is 445 g/mol. The Balaban J connectivity index is 1.61. The number of hydrogen-bond donors (Lipinski definition) is 2. The van der Waals surface area contributed by atoms with Crippen LogP contribution in [0.1, 0.15) is 38.3 Å². The minimum Gasteiger partial charge on any atom is -0.379 e. The Morgan fingerprint density at radius 2 is 1.62 bits per heavy atom. The highest BCUT2D eigenvalue weighted by Gasteiger charge is 2.22. The fourth-order valence-corrected chi connectivity index (χ4v) is 4.43. The van der Waals surface area contributed by atoms with E-state index in [9.17, 15) is 0 Å². The number of rotatable bonds is 10. The lowest BCUT2D eigenvalue weighted by molar-refractivity contribution is 0.0132. The summed E-state index contributed by atoms with van der Waals surface area (Å²) in [7, 11) is 0. The van der Waals surface area contributed by atoms with Crippen molar-refractivity contribution in [1.82, 2.24) is 20.4 Å². The summed E-state index contributed by atoms with van der Waals surface area (Å²) >= 11 is 0. The summed E-state index contributed by atoms with van der Waals surface area (Å²) in [4.78, 5) is 9.98. The van der Waals surface area contributed by atoms with Crippen molar-refractivity contribution in [3.8, 4) is 0 Å². The number of nitrogens with one attached hydrogen (secondary N) is 2. The Kier molecular flexibility index (Phi) is 10.8. The number of guanidine groups is 1. The van der Waals surface area contributed by atoms with Gasteiger partial charge < -0.3 is 20.1 Å². The molecule has 0 saturated carbocycles. The first kappa shape index (κ1) is 25.0. The molecule has 2 fully saturated rings. The Labute approximate surface area is 194 Å². The Bertz CT molecular complexity index is 685. The van der Waals surface area contributed by atoms with Crippen molar-refractivity contribution < 1.29 is 9.47 Å². The van der Waals surface area contributed by atoms with Gasteiger partial charge in [-0.2, -0.15) is 0 Å². The van der Waals surface area contributed by atoms with Crippen LogP contribution in [-0.2, 0) is 22.6 Å². The minimum atomic E-state index is 0.497. The van der Waals surface area contributed by atoms with E-state index in [1.54, 1.807) is 0 Å². The molecule has 0 spiro atoms. The molecular weight excluding hydrogens is 402 g/mol. The molecule has 2 aliphatic rings. The first-order valence-corrected chi connectivity index (χ1v) is 12.4. The first-order chi connectivity index (χ1) is 15.7. The van der Waals surface area contributed by atoms with Crippen LogP contribution >= 0.6 is 0 Å². The maximum Gasteiger partial charge on any atom is 0.191 e. The van der Waals surface area contributed by atoms with Crippen LogP contribution in [0.3, 0.4) is 0 Å². The lowest BCUT2D eigenvalue weighted by Gasteiger charge is -2.35. The number of benzene rings is 1. The zero-order valence-corrected chi connectivity index (χ0v) is 20.3. The van der Waals surface area contributed by atoms with Crippen molar-refractivity contribution in [2.75, 3.05) is 65.7 Å². The fraction of sp³-hybridized carbons (Fsp3) is 0.720. The van der Waals surface area contributed by atoms with Crippen molar-refractivity contribution >= 4 is 5.96 Å². The van der Waals surface area contributed by atoms with Gasteiger partial charge in [-0.25, -0.2) is 4.99 Å². The van der Waals surface area contributed by atoms with E-state index in [4.69, 9.17) is 14.5 Å². The maximum atomic E-state index is 5.56. The van der Waals surface area contributed by atoms with Crippen LogP contribution in [0.25, 0.3) is 0 Å². The lowest BCUT2D eigenvalue weighted by atomic mass is 10.0. The van der Waals surface area contributed by atoms with Crippen LogP contribution in [0.15, 0.2) is 29.3 Å². The molecule has 180 valence electrons. The highest BCUT2D eigenvalue weighted by Crippen LogP contribution is 2.15. The van der Waals surface area contributed by atoms with Gasteiger partial charge in [-0.15, -0.1) is 0 Å². The van der Waals surface area contributed by atoms with Gasteiger partial charge in [0.2, 0.25) is 0 Å². The van der Waals surface area contributed by atoms with Crippen molar-refractivity contribution in [1.29, 1.82) is 0 Å². The molecule has 1 aromatic carbocycles. The third kappa shape index (κ3) is 8.35. The Morgan fingerprint density at radius 1 is 0.969 bits per heavy atom. The summed E-state index contributed by atoms with van der Waals surface area (Å²) in [5.74, 6) is 1.56. The molecule has 3 rings (SSSR count). The minimum absolute atomic E-state index is 0.497. The summed E-state index contributed by atoms with van der Waals surface area (Å²) in [6, 6.07) is 9.18. The van der Waals surface area contributed by atoms with Crippen LogP contribution in [0.5, 0.6) is 0 Å². The average Bonchev–Trinajstić information content (AvgIpc) is 2.82. The Morgan fingerprint density at radius 3 is 2.28 bits per heavy atom. The second kappa shape index (κ2) is 13.8. The lowest BCUT2D eigenvalue weighted by Crippen LogP contribution is -2.51. The summed E-state index contributed by atoms with van der Waals surface area (Å²) in [6.07, 6.45) is 1.18. The fourth-order valence-electron chi connectivity index (χ4n) is 4.43. The van der Waals surface area contributed by atoms with Gasteiger partial charge in [0.25, 0.3) is 0 Å². The molecule has 1 unspecified atom stereocenters. The molecule has 0 bridgehead atoms. The summed E-state index contributed by atoms with van der Waals surface area (Å²) in [5.41, 5.74) is 2.66. The highest BCUT2D eigenvalue weighted by atomic mass is 16.5. The molecule has 2 heterocycles. The quantitative estimate of drug-likeness (QED) is 0.426. The van der Waals surface area contributed by atoms with Gasteiger partial charge in [0, 0.05) is 51.9 Å². The number of nitrogens with zero attached hydrogens (tertiary/aromatic N) is 3. The second-order valence-electron chi connectivity index (χ2n) is 9.17. The SMILES string of the molecule is CCNC(=NCc1ccccc1CN1CCOCC1)NCC(CC(C)C)N1CCOCC1. The third-order valence-electron chi connectivity index (χ3n) is 6.18. The van der Waals surface area contributed by atoms with E-state index in [-0.39, 0.29) is 0 Å². The largest absolute Gasteiger partial charge is 0.379 e. The first-order valence-electron chi connectivity index (χ1n) is 12.4. The second-order valence-corrected chi connectivity index (χ2v) is 9.17. The molecule has 1 atom stereocenters. The van der Waals surface area contributed by atoms with Gasteiger partial charge in [-0.05, 0) is 30.4 Å². The predicted octanol–water partition coefficient (Wildman–Crippen LogP) is 2.32. The topological polar surface area (TPSA) is 61.4 Å². The molecule has 2 saturated heterocycles. The average molecular weight is 446 g/mol. The van der Waals surface area contributed by atoms with Crippen LogP contribution in [0.2, 0.25) is 0 Å². The van der Waals surface area contributed by atoms with Gasteiger partial charge in [0.15, 0.2) is 5.96 Å². The van der Waals surface area contributed by atoms with Crippen LogP contribution < -0.4 is 10.6 Å². The summed E-state index contributed by atoms with van der Waals surface area (Å²) in [5, 5.41) is 7.06. The van der Waals surface area contributed by atoms with Crippen molar-refractivity contribution in [2.24, 2.45) is 10.9 Å². The van der Waals surface area contributed by atoms with E-state index in [0.717, 1.165) is 78.2 Å². The van der Waals surface area contributed by atoms with Crippen molar-refractivity contribution in [3.63, 3.8) is 0 Å². The van der Waals surface area contributed by atoms with Gasteiger partial charge in [-0.3, -0.25) is 9.80 Å². The number of ether oxygens (including phenoxy) is 2. The zero-order chi connectivity index (χ0) is 22.6. The summed E-state index contributed by atoms with van der Waals surface area (Å²) < 4.78 is 11.1. The molecule has 0 amide bonds. The van der Waals surface area contributed by atoms with E-state index in [1.165, 1.54) is 17.5 Å². The molecule has 7 nitrogen and oxygen atoms in total. The predicted molar refractivity (Wildman–Crippen MR) is 131 cm³/mol. The molecular formula is C25H43N5O2. The Hall–Kier alpha value is -1.67. The highest BCUT2D eigenvalue weighted by molar-refractivity contribution is 5.79. The molecule has 7 heteroatoms. The molecule has 2 aliphatic heterocycles. The van der Waals surface area contributed by atoms with E-state index >= 15 is 0 Å². The van der Waals surface area contributed by atoms with Crippen LogP contribution in [-0.4, -0.2) is 87.5 Å². The number of hydrogen-bond acceptors (Lipinski definition) is 5. The molecule has 0 aromatic heterocycles. The van der Waals surface area contributed by atoms with E-state index in [1.807, 2.05) is 0 Å². The van der Waals surface area contributed by atoms with Gasteiger partial charge >= 0.3 is 0 Å². The maximum absolute atomic E-state index is 5.56. The van der Waals surface area contributed by atoms with Gasteiger partial charge in [0.05, 0.1) is 33.0 Å². The van der Waals surface area contributed by atoms with Gasteiger partial charge in [-0.1, -0.05) is 38.1 Å². The molecule has 0 radical (unpaired) electrons. The van der Waals surface area contributed by atoms with E-state index in [0.29, 0.717) is 18.5 Å².